The van der Waals surface area contributed by atoms with E-state index in [1.54, 1.807) is 7.11 Å². The van der Waals surface area contributed by atoms with Gasteiger partial charge in [0.2, 0.25) is 0 Å². The zero-order valence-electron chi connectivity index (χ0n) is 18.6. The van der Waals surface area contributed by atoms with Gasteiger partial charge in [-0.05, 0) is 29.3 Å². The molecule has 2 aromatic rings. The second kappa shape index (κ2) is 9.85. The minimum atomic E-state index is -1.07. The average molecular weight is 445 g/mol. The van der Waals surface area contributed by atoms with Crippen LogP contribution >= 0.6 is 0 Å². The van der Waals surface area contributed by atoms with Crippen LogP contribution in [0.3, 0.4) is 0 Å². The Morgan fingerprint density at radius 3 is 2.62 bits per heavy atom. The highest BCUT2D eigenvalue weighted by Gasteiger charge is 2.49. The molecule has 2 aliphatic rings. The Hall–Kier alpha value is -2.03. The van der Waals surface area contributed by atoms with Gasteiger partial charge in [-0.25, -0.2) is 0 Å². The van der Waals surface area contributed by atoms with E-state index in [2.05, 4.69) is 0 Å². The molecule has 0 amide bonds. The molecule has 2 N–H and O–H groups in total. The van der Waals surface area contributed by atoms with Gasteiger partial charge in [-0.3, -0.25) is 4.79 Å². The maximum atomic E-state index is 12.7. The highest BCUT2D eigenvalue weighted by atomic mass is 16.7. The molecule has 2 saturated heterocycles. The minimum Gasteiger partial charge on any atom is -0.458 e. The topological polar surface area (TPSA) is 94.5 Å². The van der Waals surface area contributed by atoms with Crippen molar-refractivity contribution in [2.24, 2.45) is 0 Å². The molecule has 32 heavy (non-hydrogen) atoms. The molecule has 2 heterocycles. The van der Waals surface area contributed by atoms with Crippen molar-refractivity contribution in [2.75, 3.05) is 13.7 Å². The molecule has 0 aliphatic carbocycles. The number of hydrogen-bond donors (Lipinski definition) is 2. The zero-order valence-corrected chi connectivity index (χ0v) is 18.6. The molecule has 0 radical (unpaired) electrons. The van der Waals surface area contributed by atoms with Gasteiger partial charge in [-0.1, -0.05) is 36.4 Å². The van der Waals surface area contributed by atoms with E-state index in [9.17, 15) is 15.0 Å². The number of ether oxygens (including phenoxy) is 4. The van der Waals surface area contributed by atoms with E-state index in [0.717, 1.165) is 16.3 Å². The Kier molecular flexibility index (Phi) is 7.12. The number of rotatable bonds is 6. The maximum absolute atomic E-state index is 12.7. The molecule has 0 saturated carbocycles. The van der Waals surface area contributed by atoms with Crippen molar-refractivity contribution in [1.29, 1.82) is 0 Å². The monoisotopic (exact) mass is 444 g/mol. The van der Waals surface area contributed by atoms with Gasteiger partial charge in [0.05, 0.1) is 37.4 Å². The molecule has 6 atom stereocenters. The van der Waals surface area contributed by atoms with Crippen molar-refractivity contribution in [1.82, 2.24) is 0 Å². The Morgan fingerprint density at radius 1 is 1.12 bits per heavy atom. The van der Waals surface area contributed by atoms with E-state index in [0.29, 0.717) is 19.3 Å². The number of carbonyl (C=O) groups is 1. The first-order valence-corrected chi connectivity index (χ1v) is 11.3. The summed E-state index contributed by atoms with van der Waals surface area (Å²) >= 11 is 0. The molecule has 4 rings (SSSR count). The van der Waals surface area contributed by atoms with Gasteiger partial charge < -0.3 is 29.2 Å². The number of carbonyl (C=O) groups excluding carboxylic acids is 1. The molecule has 174 valence electrons. The highest BCUT2D eigenvalue weighted by molar-refractivity contribution is 5.83. The minimum absolute atomic E-state index is 0.0583. The average Bonchev–Trinajstić information content (AvgIpc) is 2.77. The summed E-state index contributed by atoms with van der Waals surface area (Å²) in [4.78, 5) is 12.7. The Morgan fingerprint density at radius 2 is 1.88 bits per heavy atom. The smallest absolute Gasteiger partial charge is 0.309 e. The fourth-order valence-electron chi connectivity index (χ4n) is 4.85. The fraction of sp³-hybridized carbons (Fsp3) is 0.560. The van der Waals surface area contributed by atoms with Gasteiger partial charge in [0.1, 0.15) is 6.10 Å². The van der Waals surface area contributed by atoms with Crippen LogP contribution in [0.25, 0.3) is 10.8 Å². The second-order valence-electron chi connectivity index (χ2n) is 8.91. The molecule has 2 aromatic carbocycles. The quantitative estimate of drug-likeness (QED) is 0.661. The second-order valence-corrected chi connectivity index (χ2v) is 8.91. The van der Waals surface area contributed by atoms with Crippen molar-refractivity contribution in [2.45, 2.75) is 75.3 Å². The van der Waals surface area contributed by atoms with Gasteiger partial charge in [-0.15, -0.1) is 0 Å². The molecule has 0 unspecified atom stereocenters. The van der Waals surface area contributed by atoms with Crippen molar-refractivity contribution in [3.05, 3.63) is 48.0 Å². The van der Waals surface area contributed by atoms with Crippen LogP contribution < -0.4 is 0 Å². The SMILES string of the molecule is CO[C@H]1C[C@@H](CC(=O)O[C@@H](C)c2ccc3ccccc3c2)O[C@]2(C[C@@H](O)C[C@H](CO)O2)C1. The maximum Gasteiger partial charge on any atom is 0.309 e. The molecule has 2 fully saturated rings. The van der Waals surface area contributed by atoms with Gasteiger partial charge in [0.25, 0.3) is 0 Å². The van der Waals surface area contributed by atoms with Gasteiger partial charge >= 0.3 is 5.97 Å². The van der Waals surface area contributed by atoms with E-state index in [1.807, 2.05) is 49.4 Å². The van der Waals surface area contributed by atoms with Crippen molar-refractivity contribution >= 4 is 16.7 Å². The summed E-state index contributed by atoms with van der Waals surface area (Å²) in [7, 11) is 1.61. The summed E-state index contributed by atoms with van der Waals surface area (Å²) in [6.45, 7) is 1.66. The van der Waals surface area contributed by atoms with Gasteiger partial charge in [0.15, 0.2) is 5.79 Å². The first kappa shape index (κ1) is 23.1. The Bertz CT molecular complexity index is 927. The summed E-state index contributed by atoms with van der Waals surface area (Å²) in [5.41, 5.74) is 0.928. The lowest BCUT2D eigenvalue weighted by molar-refractivity contribution is -0.342. The summed E-state index contributed by atoms with van der Waals surface area (Å²) in [6, 6.07) is 14.1. The number of hydrogen-bond acceptors (Lipinski definition) is 7. The predicted octanol–water partition coefficient (Wildman–Crippen LogP) is 3.26. The molecule has 1 spiro atoms. The zero-order chi connectivity index (χ0) is 22.7. The Balaban J connectivity index is 1.41. The highest BCUT2D eigenvalue weighted by Crippen LogP contribution is 2.41. The van der Waals surface area contributed by atoms with Crippen LogP contribution in [0.4, 0.5) is 0 Å². The lowest BCUT2D eigenvalue weighted by atomic mass is 9.89. The predicted molar refractivity (Wildman–Crippen MR) is 118 cm³/mol. The van der Waals surface area contributed by atoms with Crippen molar-refractivity contribution in [3.8, 4) is 0 Å². The molecule has 7 heteroatoms. The number of methoxy groups -OCH3 is 1. The summed E-state index contributed by atoms with van der Waals surface area (Å²) < 4.78 is 23.5. The van der Waals surface area contributed by atoms with Crippen LogP contribution in [0.1, 0.15) is 50.7 Å². The number of benzene rings is 2. The number of esters is 1. The van der Waals surface area contributed by atoms with E-state index < -0.39 is 30.2 Å². The van der Waals surface area contributed by atoms with Gasteiger partial charge in [-0.2, -0.15) is 0 Å². The first-order valence-electron chi connectivity index (χ1n) is 11.3. The summed E-state index contributed by atoms with van der Waals surface area (Å²) in [5, 5.41) is 22.0. The number of aliphatic hydroxyl groups excluding tert-OH is 2. The molecular formula is C25H32O7. The third-order valence-corrected chi connectivity index (χ3v) is 6.39. The van der Waals surface area contributed by atoms with Gasteiger partial charge in [0, 0.05) is 32.8 Å². The van der Waals surface area contributed by atoms with Crippen LogP contribution in [0, 0.1) is 0 Å². The number of fused-ring (bicyclic) bond motifs is 1. The Labute approximate surface area is 188 Å². The lowest BCUT2D eigenvalue weighted by Gasteiger charge is -2.48. The van der Waals surface area contributed by atoms with Crippen molar-refractivity contribution in [3.63, 3.8) is 0 Å². The van der Waals surface area contributed by atoms with Crippen molar-refractivity contribution < 1.29 is 34.0 Å². The third-order valence-electron chi connectivity index (χ3n) is 6.39. The van der Waals surface area contributed by atoms with Crippen LogP contribution in [0.15, 0.2) is 42.5 Å². The number of aliphatic hydroxyl groups is 2. The van der Waals surface area contributed by atoms with E-state index in [4.69, 9.17) is 18.9 Å². The molecule has 2 aliphatic heterocycles. The van der Waals surface area contributed by atoms with Crippen LogP contribution in [0.5, 0.6) is 0 Å². The third kappa shape index (κ3) is 5.30. The van der Waals surface area contributed by atoms with Crippen LogP contribution in [-0.2, 0) is 23.7 Å². The molecule has 0 bridgehead atoms. The van der Waals surface area contributed by atoms with Crippen LogP contribution in [-0.4, -0.2) is 60.1 Å². The van der Waals surface area contributed by atoms with E-state index in [-0.39, 0.29) is 31.5 Å². The fourth-order valence-corrected chi connectivity index (χ4v) is 4.85. The van der Waals surface area contributed by atoms with Crippen LogP contribution in [0.2, 0.25) is 0 Å². The molecule has 7 nitrogen and oxygen atoms in total. The first-order chi connectivity index (χ1) is 15.4. The molecular weight excluding hydrogens is 412 g/mol. The molecule has 0 aromatic heterocycles. The lowest BCUT2D eigenvalue weighted by Crippen LogP contribution is -2.56. The summed E-state index contributed by atoms with van der Waals surface area (Å²) in [6.07, 6.45) is -0.516. The summed E-state index contributed by atoms with van der Waals surface area (Å²) in [5.74, 6) is -1.43. The van der Waals surface area contributed by atoms with E-state index >= 15 is 0 Å². The van der Waals surface area contributed by atoms with E-state index in [1.165, 1.54) is 0 Å². The standard InChI is InChI=1S/C25H32O7/c1-16(18-8-7-17-5-3-4-6-19(17)9-18)30-24(28)12-21-11-22(29-2)14-25(31-21)13-20(27)10-23(15-26)32-25/h3-9,16,20-23,26-27H,10-15H2,1-2H3/t16-,20-,21-,22-,23+,25-/m0/s1. The largest absolute Gasteiger partial charge is 0.458 e. The normalized spacial score (nSPS) is 31.5.